The van der Waals surface area contributed by atoms with Gasteiger partial charge in [0, 0.05) is 11.5 Å². The van der Waals surface area contributed by atoms with Gasteiger partial charge in [-0.1, -0.05) is 39.0 Å². The van der Waals surface area contributed by atoms with Gasteiger partial charge in [-0.15, -0.1) is 0 Å². The van der Waals surface area contributed by atoms with Gasteiger partial charge in [0.05, 0.1) is 0 Å². The van der Waals surface area contributed by atoms with E-state index in [9.17, 15) is 4.79 Å². The normalized spacial score (nSPS) is 13.1. The van der Waals surface area contributed by atoms with Crippen LogP contribution in [0.3, 0.4) is 0 Å². The Balaban J connectivity index is 2.31. The SMILES string of the molecule is CCC(C)C(=O)c1ccc2cc(OC(C)(C)CC)ccc2c1. The Morgan fingerprint density at radius 1 is 1.09 bits per heavy atom. The molecule has 2 aromatic rings. The number of fused-ring (bicyclic) bond motifs is 1. The molecule has 0 N–H and O–H groups in total. The maximum Gasteiger partial charge on any atom is 0.165 e. The second-order valence-corrected chi connectivity index (χ2v) is 6.61. The molecular weight excluding hydrogens is 272 g/mol. The van der Waals surface area contributed by atoms with E-state index in [-0.39, 0.29) is 17.3 Å². The third-order valence-electron chi connectivity index (χ3n) is 4.40. The van der Waals surface area contributed by atoms with Gasteiger partial charge in [0.1, 0.15) is 11.4 Å². The lowest BCUT2D eigenvalue weighted by molar-refractivity contribution is 0.0927. The van der Waals surface area contributed by atoms with Gasteiger partial charge in [0.2, 0.25) is 0 Å². The number of Topliss-reactive ketones (excluding diaryl/α,β-unsaturated/α-hetero) is 1. The topological polar surface area (TPSA) is 26.3 Å². The average Bonchev–Trinajstić information content (AvgIpc) is 2.52. The van der Waals surface area contributed by atoms with Crippen LogP contribution in [-0.4, -0.2) is 11.4 Å². The molecule has 22 heavy (non-hydrogen) atoms. The lowest BCUT2D eigenvalue weighted by Gasteiger charge is -2.25. The molecule has 0 spiro atoms. The molecule has 0 saturated heterocycles. The first-order chi connectivity index (χ1) is 10.4. The van der Waals surface area contributed by atoms with Crippen molar-refractivity contribution in [3.63, 3.8) is 0 Å². The van der Waals surface area contributed by atoms with E-state index in [2.05, 4.69) is 20.8 Å². The number of carbonyl (C=O) groups excluding carboxylic acids is 1. The van der Waals surface area contributed by atoms with Crippen molar-refractivity contribution in [3.8, 4) is 5.75 Å². The number of carbonyl (C=O) groups is 1. The molecule has 0 saturated carbocycles. The highest BCUT2D eigenvalue weighted by molar-refractivity contribution is 6.01. The molecule has 0 aliphatic heterocycles. The number of rotatable bonds is 6. The van der Waals surface area contributed by atoms with Gasteiger partial charge in [-0.2, -0.15) is 0 Å². The standard InChI is InChI=1S/C20H26O2/c1-6-14(3)19(21)17-9-8-16-13-18(11-10-15(16)12-17)22-20(4,5)7-2/h8-14H,6-7H2,1-5H3. The smallest absolute Gasteiger partial charge is 0.165 e. The first-order valence-corrected chi connectivity index (χ1v) is 8.13. The van der Waals surface area contributed by atoms with Gasteiger partial charge in [-0.3, -0.25) is 4.79 Å². The Kier molecular flexibility index (Phi) is 4.90. The molecule has 0 aliphatic rings. The highest BCUT2D eigenvalue weighted by atomic mass is 16.5. The second kappa shape index (κ2) is 6.51. The van der Waals surface area contributed by atoms with Gasteiger partial charge in [0.15, 0.2) is 5.78 Å². The molecule has 0 fully saturated rings. The van der Waals surface area contributed by atoms with Gasteiger partial charge in [-0.25, -0.2) is 0 Å². The fraction of sp³-hybridized carbons (Fsp3) is 0.450. The van der Waals surface area contributed by atoms with Crippen molar-refractivity contribution in [1.82, 2.24) is 0 Å². The monoisotopic (exact) mass is 298 g/mol. The van der Waals surface area contributed by atoms with E-state index in [1.165, 1.54) is 0 Å². The van der Waals surface area contributed by atoms with Crippen LogP contribution in [0.25, 0.3) is 10.8 Å². The molecule has 2 nitrogen and oxygen atoms in total. The van der Waals surface area contributed by atoms with Crippen LogP contribution in [0.4, 0.5) is 0 Å². The zero-order valence-electron chi connectivity index (χ0n) is 14.3. The molecule has 2 aromatic carbocycles. The molecule has 2 heteroatoms. The van der Waals surface area contributed by atoms with Crippen LogP contribution in [0, 0.1) is 5.92 Å². The summed E-state index contributed by atoms with van der Waals surface area (Å²) in [5.74, 6) is 1.17. The number of ketones is 1. The zero-order chi connectivity index (χ0) is 16.3. The molecule has 0 aliphatic carbocycles. The van der Waals surface area contributed by atoms with Crippen LogP contribution in [-0.2, 0) is 0 Å². The fourth-order valence-corrected chi connectivity index (χ4v) is 2.30. The van der Waals surface area contributed by atoms with E-state index >= 15 is 0 Å². The van der Waals surface area contributed by atoms with E-state index in [0.29, 0.717) is 0 Å². The van der Waals surface area contributed by atoms with Crippen LogP contribution >= 0.6 is 0 Å². The number of hydrogen-bond donors (Lipinski definition) is 0. The maximum atomic E-state index is 12.3. The van der Waals surface area contributed by atoms with Crippen LogP contribution < -0.4 is 4.74 Å². The minimum Gasteiger partial charge on any atom is -0.488 e. The molecule has 0 heterocycles. The van der Waals surface area contributed by atoms with Crippen molar-refractivity contribution in [1.29, 1.82) is 0 Å². The van der Waals surface area contributed by atoms with Gasteiger partial charge in [0.25, 0.3) is 0 Å². The Morgan fingerprint density at radius 3 is 2.36 bits per heavy atom. The van der Waals surface area contributed by atoms with Crippen molar-refractivity contribution in [2.24, 2.45) is 5.92 Å². The van der Waals surface area contributed by atoms with E-state index in [1.807, 2.05) is 50.2 Å². The minimum atomic E-state index is -0.167. The number of hydrogen-bond acceptors (Lipinski definition) is 2. The molecule has 118 valence electrons. The summed E-state index contributed by atoms with van der Waals surface area (Å²) in [6.07, 6.45) is 1.82. The van der Waals surface area contributed by atoms with Gasteiger partial charge >= 0.3 is 0 Å². The number of benzene rings is 2. The van der Waals surface area contributed by atoms with Gasteiger partial charge < -0.3 is 4.74 Å². The summed E-state index contributed by atoms with van der Waals surface area (Å²) in [5.41, 5.74) is 0.629. The third-order valence-corrected chi connectivity index (χ3v) is 4.40. The molecule has 0 aromatic heterocycles. The van der Waals surface area contributed by atoms with Crippen molar-refractivity contribution in [3.05, 3.63) is 42.0 Å². The molecular formula is C20H26O2. The Morgan fingerprint density at radius 2 is 1.73 bits per heavy atom. The van der Waals surface area contributed by atoms with Gasteiger partial charge in [-0.05, 0) is 55.7 Å². The summed E-state index contributed by atoms with van der Waals surface area (Å²) in [4.78, 5) is 12.3. The quantitative estimate of drug-likeness (QED) is 0.645. The number of ether oxygens (including phenoxy) is 1. The summed E-state index contributed by atoms with van der Waals surface area (Å²) in [6.45, 7) is 10.3. The predicted molar refractivity (Wildman–Crippen MR) is 92.7 cm³/mol. The van der Waals surface area contributed by atoms with Crippen molar-refractivity contribution >= 4 is 16.6 Å². The highest BCUT2D eigenvalue weighted by Gasteiger charge is 2.17. The van der Waals surface area contributed by atoms with E-state index < -0.39 is 0 Å². The molecule has 0 bridgehead atoms. The van der Waals surface area contributed by atoms with Crippen molar-refractivity contribution in [2.75, 3.05) is 0 Å². The summed E-state index contributed by atoms with van der Waals surface area (Å²) in [5, 5.41) is 2.18. The molecule has 0 radical (unpaired) electrons. The maximum absolute atomic E-state index is 12.3. The first-order valence-electron chi connectivity index (χ1n) is 8.13. The zero-order valence-corrected chi connectivity index (χ0v) is 14.3. The van der Waals surface area contributed by atoms with E-state index in [4.69, 9.17) is 4.74 Å². The Labute approximate surface area is 133 Å². The highest BCUT2D eigenvalue weighted by Crippen LogP contribution is 2.26. The predicted octanol–water partition coefficient (Wildman–Crippen LogP) is 5.64. The molecule has 1 unspecified atom stereocenters. The minimum absolute atomic E-state index is 0.0745. The summed E-state index contributed by atoms with van der Waals surface area (Å²) < 4.78 is 6.03. The molecule has 2 rings (SSSR count). The van der Waals surface area contributed by atoms with E-state index in [0.717, 1.165) is 34.9 Å². The summed E-state index contributed by atoms with van der Waals surface area (Å²) >= 11 is 0. The third kappa shape index (κ3) is 3.68. The molecule has 0 amide bonds. The average molecular weight is 298 g/mol. The van der Waals surface area contributed by atoms with E-state index in [1.54, 1.807) is 0 Å². The first kappa shape index (κ1) is 16.5. The fourth-order valence-electron chi connectivity index (χ4n) is 2.30. The van der Waals surface area contributed by atoms with Crippen molar-refractivity contribution < 1.29 is 9.53 Å². The van der Waals surface area contributed by atoms with Crippen LogP contribution in [0.2, 0.25) is 0 Å². The van der Waals surface area contributed by atoms with Crippen molar-refractivity contribution in [2.45, 2.75) is 53.1 Å². The molecule has 1 atom stereocenters. The lowest BCUT2D eigenvalue weighted by Crippen LogP contribution is -2.26. The van der Waals surface area contributed by atoms with Crippen LogP contribution in [0.1, 0.15) is 57.8 Å². The largest absolute Gasteiger partial charge is 0.488 e. The summed E-state index contributed by atoms with van der Waals surface area (Å²) in [6, 6.07) is 12.0. The lowest BCUT2D eigenvalue weighted by atomic mass is 9.95. The van der Waals surface area contributed by atoms with Crippen LogP contribution in [0.5, 0.6) is 5.75 Å². The second-order valence-electron chi connectivity index (χ2n) is 6.61. The van der Waals surface area contributed by atoms with Crippen LogP contribution in [0.15, 0.2) is 36.4 Å². The Hall–Kier alpha value is -1.83. The Bertz CT molecular complexity index is 670. The summed E-state index contributed by atoms with van der Waals surface area (Å²) in [7, 11) is 0.